The van der Waals surface area contributed by atoms with Gasteiger partial charge in [-0.25, -0.2) is 4.98 Å². The van der Waals surface area contributed by atoms with Gasteiger partial charge in [-0.1, -0.05) is 0 Å². The summed E-state index contributed by atoms with van der Waals surface area (Å²) < 4.78 is 5.70. The number of amides is 1. The van der Waals surface area contributed by atoms with Gasteiger partial charge in [0, 0.05) is 12.2 Å². The Labute approximate surface area is 107 Å². The summed E-state index contributed by atoms with van der Waals surface area (Å²) >= 11 is 0. The fourth-order valence-corrected chi connectivity index (χ4v) is 2.24. The van der Waals surface area contributed by atoms with Crippen molar-refractivity contribution >= 4 is 5.91 Å². The average Bonchev–Trinajstić information content (AvgIpc) is 2.74. The van der Waals surface area contributed by atoms with Gasteiger partial charge in [-0.15, -0.1) is 0 Å². The van der Waals surface area contributed by atoms with Crippen LogP contribution in [0.2, 0.25) is 0 Å². The van der Waals surface area contributed by atoms with E-state index >= 15 is 0 Å². The smallest absolute Gasteiger partial charge is 0.254 e. The van der Waals surface area contributed by atoms with E-state index in [0.717, 1.165) is 30.5 Å². The minimum absolute atomic E-state index is 0.0555. The van der Waals surface area contributed by atoms with E-state index in [4.69, 9.17) is 10.5 Å². The van der Waals surface area contributed by atoms with Crippen LogP contribution in [0, 0.1) is 0 Å². The number of aryl methyl sites for hydroxylation is 2. The molecule has 98 valence electrons. The monoisotopic (exact) mass is 249 g/mol. The second kappa shape index (κ2) is 5.35. The van der Waals surface area contributed by atoms with E-state index in [1.807, 2.05) is 20.0 Å². The number of carbonyl (C=O) groups excluding carboxylic acids is 1. The highest BCUT2D eigenvalue weighted by atomic mass is 16.5. The molecule has 1 aliphatic carbocycles. The summed E-state index contributed by atoms with van der Waals surface area (Å²) in [5.74, 6) is -0.116. The number of nitrogens with two attached hydrogens (primary N) is 1. The first-order valence-corrected chi connectivity index (χ1v) is 6.25. The Morgan fingerprint density at radius 2 is 2.39 bits per heavy atom. The van der Waals surface area contributed by atoms with E-state index in [2.05, 4.69) is 10.3 Å². The van der Waals surface area contributed by atoms with Gasteiger partial charge in [0.15, 0.2) is 0 Å². The van der Waals surface area contributed by atoms with E-state index in [1.54, 1.807) is 0 Å². The van der Waals surface area contributed by atoms with Crippen LogP contribution in [0.1, 0.15) is 35.0 Å². The SMILES string of the molecule is CNCC(C)Oc1nc2c(cc1C(N)=O)CCC2. The Bertz CT molecular complexity index is 460. The van der Waals surface area contributed by atoms with Gasteiger partial charge in [-0.2, -0.15) is 0 Å². The van der Waals surface area contributed by atoms with Gasteiger partial charge in [0.2, 0.25) is 5.88 Å². The van der Waals surface area contributed by atoms with E-state index in [-0.39, 0.29) is 6.10 Å². The van der Waals surface area contributed by atoms with Gasteiger partial charge in [0.05, 0.1) is 0 Å². The third-order valence-electron chi connectivity index (χ3n) is 3.09. The van der Waals surface area contributed by atoms with Crippen molar-refractivity contribution < 1.29 is 9.53 Å². The fraction of sp³-hybridized carbons (Fsp3) is 0.538. The van der Waals surface area contributed by atoms with Gasteiger partial charge in [0.1, 0.15) is 11.7 Å². The van der Waals surface area contributed by atoms with Crippen LogP contribution in [0.4, 0.5) is 0 Å². The molecule has 1 heterocycles. The first-order valence-electron chi connectivity index (χ1n) is 6.25. The quantitative estimate of drug-likeness (QED) is 0.803. The zero-order valence-corrected chi connectivity index (χ0v) is 10.8. The fourth-order valence-electron chi connectivity index (χ4n) is 2.24. The maximum Gasteiger partial charge on any atom is 0.254 e. The van der Waals surface area contributed by atoms with Crippen molar-refractivity contribution in [3.63, 3.8) is 0 Å². The molecule has 0 aromatic carbocycles. The maximum absolute atomic E-state index is 11.4. The van der Waals surface area contributed by atoms with Crippen molar-refractivity contribution in [2.24, 2.45) is 5.73 Å². The number of aromatic nitrogens is 1. The normalized spacial score (nSPS) is 15.2. The molecule has 18 heavy (non-hydrogen) atoms. The van der Waals surface area contributed by atoms with Crippen LogP contribution in [0.5, 0.6) is 5.88 Å². The minimum Gasteiger partial charge on any atom is -0.473 e. The van der Waals surface area contributed by atoms with E-state index in [0.29, 0.717) is 18.0 Å². The molecule has 0 saturated carbocycles. The number of hydrogen-bond donors (Lipinski definition) is 2. The highest BCUT2D eigenvalue weighted by molar-refractivity contribution is 5.95. The number of carbonyl (C=O) groups is 1. The lowest BCUT2D eigenvalue weighted by molar-refractivity contribution is 0.0992. The van der Waals surface area contributed by atoms with Crippen LogP contribution in [0.25, 0.3) is 0 Å². The summed E-state index contributed by atoms with van der Waals surface area (Å²) in [6, 6.07) is 1.83. The summed E-state index contributed by atoms with van der Waals surface area (Å²) in [6.07, 6.45) is 2.94. The number of primary amides is 1. The summed E-state index contributed by atoms with van der Waals surface area (Å²) in [4.78, 5) is 15.9. The lowest BCUT2D eigenvalue weighted by Crippen LogP contribution is -2.27. The van der Waals surface area contributed by atoms with E-state index in [9.17, 15) is 4.79 Å². The molecule has 5 heteroatoms. The number of nitrogens with one attached hydrogen (secondary N) is 1. The summed E-state index contributed by atoms with van der Waals surface area (Å²) in [7, 11) is 1.85. The number of ether oxygens (including phenoxy) is 1. The highest BCUT2D eigenvalue weighted by Gasteiger charge is 2.20. The third kappa shape index (κ3) is 2.61. The number of pyridine rings is 1. The lowest BCUT2D eigenvalue weighted by atomic mass is 10.1. The molecule has 0 saturated heterocycles. The first-order chi connectivity index (χ1) is 8.61. The number of hydrogen-bond acceptors (Lipinski definition) is 4. The molecule has 1 unspecified atom stereocenters. The van der Waals surface area contributed by atoms with Crippen LogP contribution in [-0.4, -0.2) is 30.6 Å². The van der Waals surface area contributed by atoms with Crippen LogP contribution < -0.4 is 15.8 Å². The molecule has 0 spiro atoms. The number of nitrogens with zero attached hydrogens (tertiary/aromatic N) is 1. The van der Waals surface area contributed by atoms with E-state index < -0.39 is 5.91 Å². The molecular formula is C13H19N3O2. The number of rotatable bonds is 5. The standard InChI is InChI=1S/C13H19N3O2/c1-8(7-15-2)18-13-10(12(14)17)6-9-4-3-5-11(9)16-13/h6,8,15H,3-5,7H2,1-2H3,(H2,14,17). The molecule has 1 atom stereocenters. The number of fused-ring (bicyclic) bond motifs is 1. The maximum atomic E-state index is 11.4. The second-order valence-corrected chi connectivity index (χ2v) is 4.65. The zero-order valence-electron chi connectivity index (χ0n) is 10.8. The molecule has 1 aromatic rings. The molecule has 2 rings (SSSR count). The van der Waals surface area contributed by atoms with Gasteiger partial charge < -0.3 is 15.8 Å². The molecule has 3 N–H and O–H groups in total. The Kier molecular flexibility index (Phi) is 3.81. The Morgan fingerprint density at radius 1 is 1.61 bits per heavy atom. The van der Waals surface area contributed by atoms with Gasteiger partial charge >= 0.3 is 0 Å². The molecule has 0 bridgehead atoms. The zero-order chi connectivity index (χ0) is 13.1. The molecule has 1 aromatic heterocycles. The molecule has 0 radical (unpaired) electrons. The lowest BCUT2D eigenvalue weighted by Gasteiger charge is -2.16. The molecule has 1 aliphatic rings. The van der Waals surface area contributed by atoms with Crippen LogP contribution in [0.15, 0.2) is 6.07 Å². The van der Waals surface area contributed by atoms with Gasteiger partial charge in [0.25, 0.3) is 5.91 Å². The third-order valence-corrected chi connectivity index (χ3v) is 3.09. The number of likely N-dealkylation sites (N-methyl/N-ethyl adjacent to an activating group) is 1. The Balaban J connectivity index is 2.29. The van der Waals surface area contributed by atoms with Crippen molar-refractivity contribution in [2.45, 2.75) is 32.3 Å². The van der Waals surface area contributed by atoms with Crippen LogP contribution in [-0.2, 0) is 12.8 Å². The summed E-state index contributed by atoms with van der Waals surface area (Å²) in [5, 5.41) is 3.02. The van der Waals surface area contributed by atoms with Crippen LogP contribution in [0.3, 0.4) is 0 Å². The topological polar surface area (TPSA) is 77.2 Å². The Morgan fingerprint density at radius 3 is 3.06 bits per heavy atom. The molecule has 5 nitrogen and oxygen atoms in total. The summed E-state index contributed by atoms with van der Waals surface area (Å²) in [5.41, 5.74) is 7.93. The first kappa shape index (κ1) is 12.8. The average molecular weight is 249 g/mol. The highest BCUT2D eigenvalue weighted by Crippen LogP contribution is 2.26. The summed E-state index contributed by atoms with van der Waals surface area (Å²) in [6.45, 7) is 2.62. The van der Waals surface area contributed by atoms with Gasteiger partial charge in [-0.05, 0) is 44.9 Å². The van der Waals surface area contributed by atoms with Crippen molar-refractivity contribution in [2.75, 3.05) is 13.6 Å². The minimum atomic E-state index is -0.483. The van der Waals surface area contributed by atoms with E-state index in [1.165, 1.54) is 0 Å². The van der Waals surface area contributed by atoms with Crippen molar-refractivity contribution in [1.82, 2.24) is 10.3 Å². The van der Waals surface area contributed by atoms with Crippen molar-refractivity contribution in [3.05, 3.63) is 22.9 Å². The Hall–Kier alpha value is -1.62. The predicted octanol–water partition coefficient (Wildman–Crippen LogP) is 0.656. The van der Waals surface area contributed by atoms with Gasteiger partial charge in [-0.3, -0.25) is 4.79 Å². The second-order valence-electron chi connectivity index (χ2n) is 4.65. The molecule has 0 aliphatic heterocycles. The molecular weight excluding hydrogens is 230 g/mol. The predicted molar refractivity (Wildman–Crippen MR) is 68.8 cm³/mol. The van der Waals surface area contributed by atoms with Crippen molar-refractivity contribution in [1.29, 1.82) is 0 Å². The molecule has 0 fully saturated rings. The largest absolute Gasteiger partial charge is 0.473 e. The van der Waals surface area contributed by atoms with Crippen molar-refractivity contribution in [3.8, 4) is 5.88 Å². The molecule has 1 amide bonds. The van der Waals surface area contributed by atoms with Crippen LogP contribution >= 0.6 is 0 Å².